The molecular weight excluding hydrogens is 274 g/mol. The Balaban J connectivity index is 1.94. The van der Waals surface area contributed by atoms with Crippen LogP contribution in [0.4, 0.5) is 5.69 Å². The summed E-state index contributed by atoms with van der Waals surface area (Å²) in [6.07, 6.45) is 0. The minimum absolute atomic E-state index is 0.0539. The number of nitrogens with one attached hydrogen (secondary N) is 1. The number of benzene rings is 2. The van der Waals surface area contributed by atoms with Gasteiger partial charge in [-0.1, -0.05) is 47.5 Å². The molecule has 0 saturated heterocycles. The monoisotopic (exact) mass is 291 g/mol. The van der Waals surface area contributed by atoms with Gasteiger partial charge in [0, 0.05) is 11.6 Å². The standard InChI is InChI=1S/C19H17NO2/c1-11-3-6-13(7-4-11)17-14-9-12(2)5-8-15(14)20-16-10-22-19(21)18(16)17/h3-9,17,20H,10H2,1-2H3. The van der Waals surface area contributed by atoms with Crippen molar-refractivity contribution in [2.45, 2.75) is 19.8 Å². The largest absolute Gasteiger partial charge is 0.456 e. The van der Waals surface area contributed by atoms with Crippen LogP contribution in [-0.4, -0.2) is 12.6 Å². The highest BCUT2D eigenvalue weighted by Crippen LogP contribution is 2.44. The normalized spacial score (nSPS) is 19.4. The fraction of sp³-hybridized carbons (Fsp3) is 0.211. The van der Waals surface area contributed by atoms with Gasteiger partial charge in [-0.2, -0.15) is 0 Å². The van der Waals surface area contributed by atoms with Gasteiger partial charge in [-0.15, -0.1) is 0 Å². The molecule has 1 unspecified atom stereocenters. The molecule has 110 valence electrons. The summed E-state index contributed by atoms with van der Waals surface area (Å²) in [5.41, 5.74) is 7.38. The van der Waals surface area contributed by atoms with Gasteiger partial charge >= 0.3 is 5.97 Å². The fourth-order valence-electron chi connectivity index (χ4n) is 3.27. The average molecular weight is 291 g/mol. The molecule has 3 heteroatoms. The Bertz CT molecular complexity index is 803. The number of hydrogen-bond acceptors (Lipinski definition) is 3. The second-order valence-electron chi connectivity index (χ2n) is 6.03. The molecule has 0 aliphatic carbocycles. The Labute approximate surface area is 129 Å². The van der Waals surface area contributed by atoms with E-state index in [0.717, 1.165) is 28.1 Å². The van der Waals surface area contributed by atoms with Crippen LogP contribution in [0.5, 0.6) is 0 Å². The molecule has 0 aromatic heterocycles. The molecule has 0 bridgehead atoms. The number of anilines is 1. The van der Waals surface area contributed by atoms with E-state index in [0.29, 0.717) is 6.61 Å². The smallest absolute Gasteiger partial charge is 0.337 e. The van der Waals surface area contributed by atoms with Crippen molar-refractivity contribution in [2.24, 2.45) is 0 Å². The summed E-state index contributed by atoms with van der Waals surface area (Å²) in [7, 11) is 0. The van der Waals surface area contributed by atoms with Crippen molar-refractivity contribution in [2.75, 3.05) is 11.9 Å². The molecule has 2 aromatic rings. The molecule has 2 aliphatic heterocycles. The highest BCUT2D eigenvalue weighted by molar-refractivity contribution is 5.97. The van der Waals surface area contributed by atoms with Crippen LogP contribution < -0.4 is 5.32 Å². The zero-order valence-corrected chi connectivity index (χ0v) is 12.6. The summed E-state index contributed by atoms with van der Waals surface area (Å²) >= 11 is 0. The first-order valence-electron chi connectivity index (χ1n) is 7.48. The van der Waals surface area contributed by atoms with E-state index in [4.69, 9.17) is 4.74 Å². The lowest BCUT2D eigenvalue weighted by molar-refractivity contribution is -0.136. The molecule has 4 rings (SSSR count). The van der Waals surface area contributed by atoms with Crippen LogP contribution in [0.1, 0.15) is 28.2 Å². The summed E-state index contributed by atoms with van der Waals surface area (Å²) in [6.45, 7) is 4.48. The predicted molar refractivity (Wildman–Crippen MR) is 85.8 cm³/mol. The van der Waals surface area contributed by atoms with Crippen molar-refractivity contribution in [3.63, 3.8) is 0 Å². The summed E-state index contributed by atoms with van der Waals surface area (Å²) in [4.78, 5) is 12.2. The van der Waals surface area contributed by atoms with Crippen LogP contribution in [0.15, 0.2) is 53.7 Å². The van der Waals surface area contributed by atoms with E-state index in [9.17, 15) is 4.79 Å². The number of ether oxygens (including phenoxy) is 1. The lowest BCUT2D eigenvalue weighted by Crippen LogP contribution is -2.20. The number of fused-ring (bicyclic) bond motifs is 1. The Hall–Kier alpha value is -2.55. The fourth-order valence-corrected chi connectivity index (χ4v) is 3.27. The summed E-state index contributed by atoms with van der Waals surface area (Å²) in [5, 5.41) is 3.36. The molecule has 0 amide bonds. The Morgan fingerprint density at radius 1 is 1.05 bits per heavy atom. The van der Waals surface area contributed by atoms with Crippen molar-refractivity contribution < 1.29 is 9.53 Å². The second-order valence-corrected chi connectivity index (χ2v) is 6.03. The lowest BCUT2D eigenvalue weighted by atomic mass is 9.80. The maximum Gasteiger partial charge on any atom is 0.337 e. The van der Waals surface area contributed by atoms with Gasteiger partial charge in [0.2, 0.25) is 0 Å². The van der Waals surface area contributed by atoms with E-state index in [1.807, 2.05) is 0 Å². The van der Waals surface area contributed by atoms with Crippen molar-refractivity contribution in [3.8, 4) is 0 Å². The number of cyclic esters (lactones) is 1. The molecule has 0 radical (unpaired) electrons. The third kappa shape index (κ3) is 1.93. The summed E-state index contributed by atoms with van der Waals surface area (Å²) in [5.74, 6) is -0.262. The van der Waals surface area contributed by atoms with E-state index in [-0.39, 0.29) is 11.9 Å². The van der Waals surface area contributed by atoms with Crippen LogP contribution in [0, 0.1) is 13.8 Å². The molecule has 0 spiro atoms. The number of aryl methyl sites for hydroxylation is 2. The quantitative estimate of drug-likeness (QED) is 0.815. The van der Waals surface area contributed by atoms with Crippen LogP contribution in [0.25, 0.3) is 0 Å². The topological polar surface area (TPSA) is 38.3 Å². The third-order valence-corrected chi connectivity index (χ3v) is 4.40. The van der Waals surface area contributed by atoms with Gasteiger partial charge in [0.15, 0.2) is 0 Å². The molecule has 2 heterocycles. The van der Waals surface area contributed by atoms with E-state index >= 15 is 0 Å². The maximum atomic E-state index is 12.2. The van der Waals surface area contributed by atoms with Gasteiger partial charge in [-0.05, 0) is 31.0 Å². The molecule has 1 N–H and O–H groups in total. The zero-order chi connectivity index (χ0) is 15.3. The first kappa shape index (κ1) is 13.1. The minimum atomic E-state index is -0.208. The molecule has 1 atom stereocenters. The summed E-state index contributed by atoms with van der Waals surface area (Å²) < 4.78 is 5.26. The molecule has 3 nitrogen and oxygen atoms in total. The van der Waals surface area contributed by atoms with Gasteiger partial charge in [0.25, 0.3) is 0 Å². The Morgan fingerprint density at radius 3 is 2.55 bits per heavy atom. The van der Waals surface area contributed by atoms with Crippen molar-refractivity contribution in [3.05, 3.63) is 76.0 Å². The number of hydrogen-bond donors (Lipinski definition) is 1. The lowest BCUT2D eigenvalue weighted by Gasteiger charge is -2.27. The maximum absolute atomic E-state index is 12.2. The first-order valence-corrected chi connectivity index (χ1v) is 7.48. The van der Waals surface area contributed by atoms with Crippen LogP contribution in [-0.2, 0) is 9.53 Å². The van der Waals surface area contributed by atoms with Gasteiger partial charge in [0.1, 0.15) is 6.61 Å². The predicted octanol–water partition coefficient (Wildman–Crippen LogP) is 3.67. The van der Waals surface area contributed by atoms with Crippen molar-refractivity contribution in [1.29, 1.82) is 0 Å². The number of rotatable bonds is 1. The third-order valence-electron chi connectivity index (χ3n) is 4.40. The average Bonchev–Trinajstić information content (AvgIpc) is 2.87. The van der Waals surface area contributed by atoms with Crippen molar-refractivity contribution >= 4 is 11.7 Å². The van der Waals surface area contributed by atoms with E-state index < -0.39 is 0 Å². The minimum Gasteiger partial charge on any atom is -0.456 e. The van der Waals surface area contributed by atoms with Gasteiger partial charge in [0.05, 0.1) is 11.3 Å². The molecule has 0 fully saturated rings. The molecular formula is C19H17NO2. The van der Waals surface area contributed by atoms with Crippen LogP contribution in [0.3, 0.4) is 0 Å². The highest BCUT2D eigenvalue weighted by atomic mass is 16.5. The molecule has 22 heavy (non-hydrogen) atoms. The van der Waals surface area contributed by atoms with Crippen LogP contribution in [0.2, 0.25) is 0 Å². The molecule has 2 aromatic carbocycles. The Kier molecular flexibility index (Phi) is 2.83. The molecule has 2 aliphatic rings. The SMILES string of the molecule is Cc1ccc(C2C3=C(COC3=O)Nc3ccc(C)cc32)cc1. The number of esters is 1. The molecule has 0 saturated carbocycles. The zero-order valence-electron chi connectivity index (χ0n) is 12.6. The van der Waals surface area contributed by atoms with Gasteiger partial charge in [-0.25, -0.2) is 4.79 Å². The van der Waals surface area contributed by atoms with Gasteiger partial charge < -0.3 is 10.1 Å². The first-order chi connectivity index (χ1) is 10.6. The Morgan fingerprint density at radius 2 is 1.77 bits per heavy atom. The number of carbonyl (C=O) groups excluding carboxylic acids is 1. The van der Waals surface area contributed by atoms with E-state index in [1.165, 1.54) is 11.1 Å². The van der Waals surface area contributed by atoms with E-state index in [1.54, 1.807) is 0 Å². The van der Waals surface area contributed by atoms with E-state index in [2.05, 4.69) is 61.6 Å². The van der Waals surface area contributed by atoms with Crippen molar-refractivity contribution in [1.82, 2.24) is 0 Å². The summed E-state index contributed by atoms with van der Waals surface area (Å²) in [6, 6.07) is 14.7. The second kappa shape index (κ2) is 4.73. The van der Waals surface area contributed by atoms with Crippen LogP contribution >= 0.6 is 0 Å². The van der Waals surface area contributed by atoms with Gasteiger partial charge in [-0.3, -0.25) is 0 Å². The highest BCUT2D eigenvalue weighted by Gasteiger charge is 2.38. The number of carbonyl (C=O) groups is 1.